The van der Waals surface area contributed by atoms with Gasteiger partial charge in [0, 0.05) is 26.9 Å². The van der Waals surface area contributed by atoms with E-state index in [1.165, 1.54) is 0 Å². The van der Waals surface area contributed by atoms with Gasteiger partial charge in [0.1, 0.15) is 0 Å². The van der Waals surface area contributed by atoms with Gasteiger partial charge < -0.3 is 19.0 Å². The van der Waals surface area contributed by atoms with Gasteiger partial charge >= 0.3 is 8.80 Å². The monoisotopic (exact) mass is 221 g/mol. The molecule has 0 aliphatic carbocycles. The highest BCUT2D eigenvalue weighted by Crippen LogP contribution is 2.28. The van der Waals surface area contributed by atoms with E-state index < -0.39 is 8.80 Å². The zero-order valence-electron chi connectivity index (χ0n) is 9.71. The summed E-state index contributed by atoms with van der Waals surface area (Å²) in [5.74, 6) is 0. The van der Waals surface area contributed by atoms with Gasteiger partial charge in [-0.05, 0) is 19.4 Å². The molecule has 14 heavy (non-hydrogen) atoms. The molecule has 0 aromatic heterocycles. The lowest BCUT2D eigenvalue weighted by molar-refractivity contribution is 0.111. The fourth-order valence-corrected chi connectivity index (χ4v) is 3.89. The lowest BCUT2D eigenvalue weighted by Gasteiger charge is -2.30. The van der Waals surface area contributed by atoms with Crippen molar-refractivity contribution < 1.29 is 13.3 Å². The number of nitrogens with two attached hydrogens (primary N) is 1. The maximum Gasteiger partial charge on any atom is 0.503 e. The molecule has 0 aromatic rings. The van der Waals surface area contributed by atoms with Crippen molar-refractivity contribution in [3.8, 4) is 0 Å². The second-order valence-electron chi connectivity index (χ2n) is 3.40. The second-order valence-corrected chi connectivity index (χ2v) is 6.82. The molecule has 0 spiro atoms. The predicted molar refractivity (Wildman–Crippen MR) is 59.1 cm³/mol. The predicted octanol–water partition coefficient (Wildman–Crippen LogP) is 1.38. The highest BCUT2D eigenvalue weighted by molar-refractivity contribution is 6.62. The highest BCUT2D eigenvalue weighted by Gasteiger charge is 2.43. The fourth-order valence-electron chi connectivity index (χ4n) is 1.63. The Bertz CT molecular complexity index is 134. The average Bonchev–Trinajstić information content (AvgIpc) is 2.22. The quantitative estimate of drug-likeness (QED) is 0.497. The summed E-state index contributed by atoms with van der Waals surface area (Å²) in [5.41, 5.74) is 5.77. The molecule has 1 atom stereocenters. The number of unbranched alkanes of at least 4 members (excludes halogenated alkanes) is 1. The molecule has 0 aliphatic rings. The minimum Gasteiger partial charge on any atom is -0.377 e. The molecule has 0 rings (SSSR count). The van der Waals surface area contributed by atoms with Crippen LogP contribution in [0.2, 0.25) is 5.54 Å². The first-order valence-corrected chi connectivity index (χ1v) is 6.82. The van der Waals surface area contributed by atoms with Crippen molar-refractivity contribution in [1.82, 2.24) is 0 Å². The van der Waals surface area contributed by atoms with E-state index in [1.807, 2.05) is 0 Å². The topological polar surface area (TPSA) is 53.7 Å². The third kappa shape index (κ3) is 3.66. The lowest BCUT2D eigenvalue weighted by Crippen LogP contribution is -2.46. The van der Waals surface area contributed by atoms with Crippen molar-refractivity contribution in [2.45, 2.75) is 31.7 Å². The van der Waals surface area contributed by atoms with E-state index in [4.69, 9.17) is 19.0 Å². The summed E-state index contributed by atoms with van der Waals surface area (Å²) in [6.45, 7) is 2.85. The summed E-state index contributed by atoms with van der Waals surface area (Å²) in [4.78, 5) is 0. The Morgan fingerprint density at radius 2 is 1.57 bits per heavy atom. The van der Waals surface area contributed by atoms with Gasteiger partial charge in [-0.2, -0.15) is 0 Å². The Kier molecular flexibility index (Phi) is 7.39. The molecule has 86 valence electrons. The summed E-state index contributed by atoms with van der Waals surface area (Å²) in [7, 11) is 2.54. The van der Waals surface area contributed by atoms with Crippen LogP contribution in [-0.2, 0) is 13.3 Å². The van der Waals surface area contributed by atoms with Crippen LogP contribution >= 0.6 is 0 Å². The Morgan fingerprint density at radius 3 is 1.93 bits per heavy atom. The van der Waals surface area contributed by atoms with E-state index >= 15 is 0 Å². The molecule has 1 unspecified atom stereocenters. The first-order valence-electron chi connectivity index (χ1n) is 5.02. The number of rotatable bonds is 8. The smallest absolute Gasteiger partial charge is 0.377 e. The third-order valence-corrected chi connectivity index (χ3v) is 5.75. The SMILES string of the molecule is CO[Si](OC)(OC)C(C)CCCCN. The zero-order chi connectivity index (χ0) is 11.0. The van der Waals surface area contributed by atoms with Crippen LogP contribution in [-0.4, -0.2) is 36.7 Å². The lowest BCUT2D eigenvalue weighted by atomic mass is 10.2. The minimum absolute atomic E-state index is 0.328. The number of hydrogen-bond acceptors (Lipinski definition) is 4. The molecular formula is C9H23NO3Si. The van der Waals surface area contributed by atoms with Crippen molar-refractivity contribution in [2.75, 3.05) is 27.9 Å². The van der Waals surface area contributed by atoms with Crippen LogP contribution in [0.25, 0.3) is 0 Å². The first kappa shape index (κ1) is 14.1. The minimum atomic E-state index is -2.41. The number of hydrogen-bond donors (Lipinski definition) is 1. The molecule has 0 saturated heterocycles. The molecular weight excluding hydrogens is 198 g/mol. The molecule has 4 nitrogen and oxygen atoms in total. The van der Waals surface area contributed by atoms with Crippen LogP contribution < -0.4 is 5.73 Å². The van der Waals surface area contributed by atoms with Gasteiger partial charge in [-0.3, -0.25) is 0 Å². The second kappa shape index (κ2) is 7.36. The normalized spacial score (nSPS) is 14.4. The standard InChI is InChI=1S/C9H23NO3Si/c1-9(7-5-6-8-10)14(11-2,12-3)13-4/h9H,5-8,10H2,1-4H3. The summed E-state index contributed by atoms with van der Waals surface area (Å²) in [6, 6.07) is 0. The average molecular weight is 221 g/mol. The maximum atomic E-state index is 5.44. The molecule has 5 heteroatoms. The molecule has 0 bridgehead atoms. The Balaban J connectivity index is 4.07. The Hall–Kier alpha value is 0.0569. The van der Waals surface area contributed by atoms with Gasteiger partial charge in [-0.25, -0.2) is 0 Å². The van der Waals surface area contributed by atoms with Crippen molar-refractivity contribution in [3.63, 3.8) is 0 Å². The van der Waals surface area contributed by atoms with Gasteiger partial charge in [-0.15, -0.1) is 0 Å². The van der Waals surface area contributed by atoms with E-state index in [1.54, 1.807) is 21.3 Å². The molecule has 0 fully saturated rings. The van der Waals surface area contributed by atoms with E-state index in [-0.39, 0.29) is 0 Å². The van der Waals surface area contributed by atoms with Crippen molar-refractivity contribution in [2.24, 2.45) is 5.73 Å². The largest absolute Gasteiger partial charge is 0.503 e. The van der Waals surface area contributed by atoms with Gasteiger partial charge in [-0.1, -0.05) is 13.3 Å². The summed E-state index contributed by atoms with van der Waals surface area (Å²) >= 11 is 0. The molecule has 0 radical (unpaired) electrons. The van der Waals surface area contributed by atoms with Crippen molar-refractivity contribution in [3.05, 3.63) is 0 Å². The van der Waals surface area contributed by atoms with Crippen LogP contribution in [0.15, 0.2) is 0 Å². The van der Waals surface area contributed by atoms with Gasteiger partial charge in [0.15, 0.2) is 0 Å². The summed E-state index contributed by atoms with van der Waals surface area (Å²) < 4.78 is 16.2. The van der Waals surface area contributed by atoms with Crippen LogP contribution in [0.4, 0.5) is 0 Å². The molecule has 0 saturated carbocycles. The van der Waals surface area contributed by atoms with E-state index in [0.717, 1.165) is 25.8 Å². The Labute approximate surface area is 88.1 Å². The summed E-state index contributed by atoms with van der Waals surface area (Å²) in [5, 5.41) is 0. The summed E-state index contributed by atoms with van der Waals surface area (Å²) in [6.07, 6.45) is 3.19. The molecule has 2 N–H and O–H groups in total. The van der Waals surface area contributed by atoms with Gasteiger partial charge in [0.25, 0.3) is 0 Å². The van der Waals surface area contributed by atoms with Crippen LogP contribution in [0, 0.1) is 0 Å². The fraction of sp³-hybridized carbons (Fsp3) is 1.00. The maximum absolute atomic E-state index is 5.44. The van der Waals surface area contributed by atoms with Crippen molar-refractivity contribution >= 4 is 8.80 Å². The van der Waals surface area contributed by atoms with Crippen LogP contribution in [0.5, 0.6) is 0 Å². The first-order chi connectivity index (χ1) is 6.66. The van der Waals surface area contributed by atoms with Gasteiger partial charge in [0.2, 0.25) is 0 Å². The zero-order valence-corrected chi connectivity index (χ0v) is 10.7. The molecule has 0 aliphatic heterocycles. The third-order valence-electron chi connectivity index (χ3n) is 2.55. The Morgan fingerprint density at radius 1 is 1.07 bits per heavy atom. The van der Waals surface area contributed by atoms with E-state index in [0.29, 0.717) is 5.54 Å². The van der Waals surface area contributed by atoms with Crippen molar-refractivity contribution in [1.29, 1.82) is 0 Å². The molecule has 0 heterocycles. The van der Waals surface area contributed by atoms with E-state index in [2.05, 4.69) is 6.92 Å². The van der Waals surface area contributed by atoms with Gasteiger partial charge in [0.05, 0.1) is 0 Å². The van der Waals surface area contributed by atoms with Crippen LogP contribution in [0.1, 0.15) is 26.2 Å². The highest BCUT2D eigenvalue weighted by atomic mass is 28.4. The van der Waals surface area contributed by atoms with Crippen LogP contribution in [0.3, 0.4) is 0 Å². The molecule has 0 amide bonds. The van der Waals surface area contributed by atoms with E-state index in [9.17, 15) is 0 Å². The molecule has 0 aromatic carbocycles.